The van der Waals surface area contributed by atoms with Gasteiger partial charge >= 0.3 is 126 Å². The van der Waals surface area contributed by atoms with Crippen LogP contribution >= 0.6 is 0 Å². The Morgan fingerprint density at radius 3 is 2.17 bits per heavy atom. The molecule has 269 valence electrons. The van der Waals surface area contributed by atoms with Gasteiger partial charge in [-0.05, 0) is 54.8 Å². The minimum Gasteiger partial charge on any atom is -0.486 e. The second kappa shape index (κ2) is 16.4. The summed E-state index contributed by atoms with van der Waals surface area (Å²) in [5.41, 5.74) is 13.7. The van der Waals surface area contributed by atoms with Crippen molar-refractivity contribution >= 4 is 39.7 Å². The Morgan fingerprint density at radius 2 is 1.52 bits per heavy atom. The van der Waals surface area contributed by atoms with Gasteiger partial charge in [0.2, 0.25) is 5.71 Å². The number of pyridine rings is 3. The molecule has 0 saturated carbocycles. The maximum Gasteiger partial charge on any atom is 0.216 e. The quantitative estimate of drug-likeness (QED) is 0.118. The van der Waals surface area contributed by atoms with Gasteiger partial charge in [-0.2, -0.15) is 0 Å². The molecule has 6 heteroatoms. The monoisotopic (exact) mass is 926 g/mol. The maximum absolute atomic E-state index is 6.38. The van der Waals surface area contributed by atoms with Crippen LogP contribution in [0, 0.1) is 38.8 Å². The summed E-state index contributed by atoms with van der Waals surface area (Å²) < 4.78 is 7.92. The molecule has 0 unspecified atom stereocenters. The Bertz CT molecular complexity index is 2300. The van der Waals surface area contributed by atoms with Crippen LogP contribution in [0.4, 0.5) is 0 Å². The molecule has 4 aromatic heterocycles. The number of hydrogen-bond donors (Lipinski definition) is 0. The molecule has 4 heterocycles. The molecule has 7 rings (SSSR count). The molecule has 4 nitrogen and oxygen atoms in total. The van der Waals surface area contributed by atoms with Crippen LogP contribution in [0.25, 0.3) is 55.8 Å². The summed E-state index contributed by atoms with van der Waals surface area (Å²) in [6, 6.07) is 33.8. The normalized spacial score (nSPS) is 11.5. The Balaban J connectivity index is 0.000000217. The number of benzene rings is 3. The molecule has 0 saturated heterocycles. The van der Waals surface area contributed by atoms with Gasteiger partial charge < -0.3 is 9.40 Å². The number of rotatable bonds is 7. The average Bonchev–Trinajstić information content (AvgIpc) is 3.48. The second-order valence-corrected chi connectivity index (χ2v) is 26.0. The van der Waals surface area contributed by atoms with Gasteiger partial charge in [0, 0.05) is 37.3 Å². The first kappa shape index (κ1) is 39.3. The topological polar surface area (TPSA) is 51.8 Å². The minimum absolute atomic E-state index is 0. The van der Waals surface area contributed by atoms with Crippen LogP contribution in [0.5, 0.6) is 0 Å². The third-order valence-electron chi connectivity index (χ3n) is 9.46. The average molecular weight is 925 g/mol. The van der Waals surface area contributed by atoms with E-state index in [1.54, 1.807) is 4.40 Å². The van der Waals surface area contributed by atoms with Crippen LogP contribution in [0.2, 0.25) is 17.3 Å². The SMILES string of the molecule is CC(C)Cc1cc(-c2[c-]cccc2)nc[c]1[Ge]([CH3])([CH3])[CH3].Cc1cccc(C)c1-c1ccc2c(n1)oc1c(-c3cc(C(C)C)ccn3)[c-]cc(C)c12.[Ir]. The van der Waals surface area contributed by atoms with E-state index < -0.39 is 13.3 Å². The van der Waals surface area contributed by atoms with Crippen molar-refractivity contribution in [2.24, 2.45) is 5.92 Å². The molecule has 0 fully saturated rings. The van der Waals surface area contributed by atoms with Gasteiger partial charge in [0.25, 0.3) is 0 Å². The summed E-state index contributed by atoms with van der Waals surface area (Å²) >= 11 is -1.86. The van der Waals surface area contributed by atoms with E-state index in [-0.39, 0.29) is 20.1 Å². The molecule has 0 amide bonds. The Labute approximate surface area is 326 Å². The molecule has 0 N–H and O–H groups in total. The van der Waals surface area contributed by atoms with Crippen molar-refractivity contribution in [1.29, 1.82) is 0 Å². The van der Waals surface area contributed by atoms with E-state index in [2.05, 4.69) is 144 Å². The summed E-state index contributed by atoms with van der Waals surface area (Å²) in [4.78, 5) is 14.2. The largest absolute Gasteiger partial charge is 0.486 e. The third-order valence-corrected chi connectivity index (χ3v) is 13.8. The third kappa shape index (κ3) is 8.49. The van der Waals surface area contributed by atoms with Crippen LogP contribution in [0.15, 0.2) is 95.7 Å². The molecular weight excluding hydrogens is 875 g/mol. The predicted octanol–water partition coefficient (Wildman–Crippen LogP) is 11.8. The van der Waals surface area contributed by atoms with Crippen molar-refractivity contribution in [1.82, 2.24) is 15.0 Å². The molecule has 0 aliphatic heterocycles. The smallest absolute Gasteiger partial charge is 0.216 e. The Kier molecular flexibility index (Phi) is 12.4. The standard InChI is InChI=1S/C28H25N2O.C18H24GeN.Ir/c1-16(2)20-13-14-29-24(15-20)21-10-9-19(5)26-22-11-12-23(30-28(22)31-27(21)26)25-17(3)7-6-8-18(25)4;1-14(2)11-16-12-18(15-9-7-6-8-10-15)20-13-17(16)19(3,4)5;/h6-9,11-16H,1-5H3;6-9,12-14H,11H2,1-5H3;/q2*-1;. The summed E-state index contributed by atoms with van der Waals surface area (Å²) in [5, 5.41) is 2.11. The van der Waals surface area contributed by atoms with Gasteiger partial charge in [0.05, 0.1) is 11.3 Å². The molecular formula is C46H49GeIrN3O-2. The zero-order chi connectivity index (χ0) is 36.4. The van der Waals surface area contributed by atoms with Crippen LogP contribution in [0.1, 0.15) is 61.4 Å². The van der Waals surface area contributed by atoms with Crippen LogP contribution in [0.3, 0.4) is 0 Å². The summed E-state index contributed by atoms with van der Waals surface area (Å²) in [5.74, 6) is 8.42. The molecule has 0 aliphatic carbocycles. The van der Waals surface area contributed by atoms with E-state index in [0.29, 0.717) is 17.5 Å². The first-order valence-electron chi connectivity index (χ1n) is 18.1. The first-order chi connectivity index (χ1) is 24.3. The van der Waals surface area contributed by atoms with E-state index in [9.17, 15) is 0 Å². The van der Waals surface area contributed by atoms with E-state index in [1.807, 2.05) is 30.5 Å². The van der Waals surface area contributed by atoms with Crippen molar-refractivity contribution in [3.05, 3.63) is 131 Å². The van der Waals surface area contributed by atoms with Crippen LogP contribution in [-0.2, 0) is 26.5 Å². The molecule has 7 aromatic rings. The van der Waals surface area contributed by atoms with Gasteiger partial charge in [-0.15, -0.1) is 17.7 Å². The maximum atomic E-state index is 6.38. The number of furan rings is 1. The van der Waals surface area contributed by atoms with E-state index in [0.717, 1.165) is 56.5 Å². The number of fused-ring (bicyclic) bond motifs is 3. The molecule has 0 bridgehead atoms. The van der Waals surface area contributed by atoms with E-state index in [1.165, 1.54) is 27.8 Å². The second-order valence-electron chi connectivity index (χ2n) is 15.4. The van der Waals surface area contributed by atoms with Crippen molar-refractivity contribution in [3.8, 4) is 33.8 Å². The van der Waals surface area contributed by atoms with Gasteiger partial charge in [-0.3, -0.25) is 0 Å². The van der Waals surface area contributed by atoms with Crippen molar-refractivity contribution in [3.63, 3.8) is 0 Å². The van der Waals surface area contributed by atoms with Crippen molar-refractivity contribution in [2.45, 2.75) is 78.1 Å². The first-order valence-corrected chi connectivity index (χ1v) is 25.4. The zero-order valence-corrected chi connectivity index (χ0v) is 36.6. The zero-order valence-electron chi connectivity index (χ0n) is 32.1. The van der Waals surface area contributed by atoms with Gasteiger partial charge in [0.1, 0.15) is 0 Å². The van der Waals surface area contributed by atoms with Crippen molar-refractivity contribution in [2.75, 3.05) is 0 Å². The fourth-order valence-corrected chi connectivity index (χ4v) is 10.2. The van der Waals surface area contributed by atoms with Gasteiger partial charge in [-0.25, -0.2) is 4.98 Å². The van der Waals surface area contributed by atoms with Crippen LogP contribution in [-0.4, -0.2) is 28.2 Å². The minimum atomic E-state index is -1.86. The molecule has 0 atom stereocenters. The summed E-state index contributed by atoms with van der Waals surface area (Å²) in [7, 11) is 0. The molecule has 0 aliphatic rings. The predicted molar refractivity (Wildman–Crippen MR) is 217 cm³/mol. The fourth-order valence-electron chi connectivity index (χ4n) is 6.84. The van der Waals surface area contributed by atoms with Gasteiger partial charge in [-0.1, -0.05) is 61.5 Å². The van der Waals surface area contributed by atoms with E-state index >= 15 is 0 Å². The summed E-state index contributed by atoms with van der Waals surface area (Å²) in [6.45, 7) is 15.3. The van der Waals surface area contributed by atoms with Gasteiger partial charge in [0.15, 0.2) is 0 Å². The summed E-state index contributed by atoms with van der Waals surface area (Å²) in [6.07, 6.45) is 5.14. The van der Waals surface area contributed by atoms with Crippen molar-refractivity contribution < 1.29 is 24.5 Å². The number of hydrogen-bond acceptors (Lipinski definition) is 4. The molecule has 52 heavy (non-hydrogen) atoms. The number of nitrogens with zero attached hydrogens (tertiary/aromatic N) is 3. The Morgan fingerprint density at radius 1 is 0.769 bits per heavy atom. The van der Waals surface area contributed by atoms with E-state index in [4.69, 9.17) is 14.4 Å². The number of aromatic nitrogens is 3. The number of aryl methyl sites for hydroxylation is 3. The Hall–Kier alpha value is -3.90. The molecule has 3 aromatic carbocycles. The molecule has 0 spiro atoms. The van der Waals surface area contributed by atoms with Crippen LogP contribution < -0.4 is 4.40 Å². The molecule has 1 radical (unpaired) electrons. The fraction of sp³-hybridized carbons (Fsp3) is 0.283.